The summed E-state index contributed by atoms with van der Waals surface area (Å²) >= 11 is 0. The number of urea groups is 1. The zero-order valence-electron chi connectivity index (χ0n) is 14.8. The second-order valence-corrected chi connectivity index (χ2v) is 6.95. The minimum Gasteiger partial charge on any atom is -0.483 e. The summed E-state index contributed by atoms with van der Waals surface area (Å²) in [5.74, 6) is 0.735. The maximum Gasteiger partial charge on any atom is 0.315 e. The molecule has 4 heterocycles. The smallest absolute Gasteiger partial charge is 0.315 e. The van der Waals surface area contributed by atoms with E-state index in [4.69, 9.17) is 18.9 Å². The van der Waals surface area contributed by atoms with Crippen LogP contribution in [0.3, 0.4) is 0 Å². The second kappa shape index (κ2) is 7.77. The average Bonchev–Trinajstić information content (AvgIpc) is 3.21. The Hall–Kier alpha value is -1.90. The standard InChI is InChI=1S/C18H25N3O5/c1-11-14(3-2-6-19-11)26-15-10-25-16-13(9-24-17(15)16)21-18(22)20-12-4-7-23-8-5-12/h2-3,6,12-13,15-17H,4-5,7-10H2,1H3,(H2,20,21,22)/t13-,15-,16+,17+/m0/s1. The molecule has 3 aliphatic rings. The van der Waals surface area contributed by atoms with Gasteiger partial charge >= 0.3 is 6.03 Å². The van der Waals surface area contributed by atoms with Gasteiger partial charge in [-0.3, -0.25) is 4.98 Å². The number of carbonyl (C=O) groups excluding carboxylic acids is 1. The lowest BCUT2D eigenvalue weighted by Gasteiger charge is -2.25. The summed E-state index contributed by atoms with van der Waals surface area (Å²) < 4.78 is 23.1. The maximum absolute atomic E-state index is 12.3. The van der Waals surface area contributed by atoms with Crippen molar-refractivity contribution in [2.75, 3.05) is 26.4 Å². The molecule has 3 aliphatic heterocycles. The molecule has 1 aromatic heterocycles. The Labute approximate surface area is 152 Å². The van der Waals surface area contributed by atoms with E-state index < -0.39 is 0 Å². The van der Waals surface area contributed by atoms with Gasteiger partial charge in [0.15, 0.2) is 6.10 Å². The van der Waals surface area contributed by atoms with Crippen LogP contribution in [-0.4, -0.2) is 67.8 Å². The molecule has 1 aromatic rings. The molecule has 0 aromatic carbocycles. The number of nitrogens with one attached hydrogen (secondary N) is 2. The SMILES string of the molecule is Cc1ncccc1O[C@H]1CO[C@H]2[C@@H]1OC[C@@H]2NC(=O)NC1CCOCC1. The van der Waals surface area contributed by atoms with Crippen LogP contribution < -0.4 is 15.4 Å². The molecule has 8 nitrogen and oxygen atoms in total. The number of rotatable bonds is 4. The highest BCUT2D eigenvalue weighted by molar-refractivity contribution is 5.74. The number of hydrogen-bond donors (Lipinski definition) is 2. The summed E-state index contributed by atoms with van der Waals surface area (Å²) in [4.78, 5) is 16.5. The lowest BCUT2D eigenvalue weighted by atomic mass is 10.1. The summed E-state index contributed by atoms with van der Waals surface area (Å²) in [6.07, 6.45) is 2.84. The van der Waals surface area contributed by atoms with Crippen molar-refractivity contribution < 1.29 is 23.7 Å². The number of fused-ring (bicyclic) bond motifs is 1. The van der Waals surface area contributed by atoms with Gasteiger partial charge in [0, 0.05) is 25.5 Å². The predicted octanol–water partition coefficient (Wildman–Crippen LogP) is 0.782. The lowest BCUT2D eigenvalue weighted by molar-refractivity contribution is 0.0299. The van der Waals surface area contributed by atoms with E-state index in [1.807, 2.05) is 19.1 Å². The van der Waals surface area contributed by atoms with Gasteiger partial charge in [0.05, 0.1) is 24.9 Å². The first-order chi connectivity index (χ1) is 12.7. The van der Waals surface area contributed by atoms with E-state index in [1.165, 1.54) is 0 Å². The highest BCUT2D eigenvalue weighted by atomic mass is 16.6. The quantitative estimate of drug-likeness (QED) is 0.822. The van der Waals surface area contributed by atoms with Crippen molar-refractivity contribution in [3.05, 3.63) is 24.0 Å². The number of amides is 2. The molecule has 3 fully saturated rings. The fourth-order valence-electron chi connectivity index (χ4n) is 3.68. The third-order valence-electron chi connectivity index (χ3n) is 5.12. The van der Waals surface area contributed by atoms with E-state index >= 15 is 0 Å². The number of carbonyl (C=O) groups is 1. The molecule has 4 rings (SSSR count). The van der Waals surface area contributed by atoms with Crippen molar-refractivity contribution in [2.24, 2.45) is 0 Å². The van der Waals surface area contributed by atoms with E-state index in [0.717, 1.165) is 24.3 Å². The van der Waals surface area contributed by atoms with Crippen LogP contribution in [-0.2, 0) is 14.2 Å². The normalized spacial score (nSPS) is 31.4. The molecule has 0 spiro atoms. The Kier molecular flexibility index (Phi) is 5.23. The van der Waals surface area contributed by atoms with Gasteiger partial charge in [-0.05, 0) is 31.9 Å². The molecule has 0 saturated carbocycles. The zero-order valence-corrected chi connectivity index (χ0v) is 14.8. The summed E-state index contributed by atoms with van der Waals surface area (Å²) in [6, 6.07) is 3.54. The summed E-state index contributed by atoms with van der Waals surface area (Å²) in [5.41, 5.74) is 0.833. The van der Waals surface area contributed by atoms with Gasteiger partial charge in [0.2, 0.25) is 0 Å². The van der Waals surface area contributed by atoms with Crippen LogP contribution in [0, 0.1) is 6.92 Å². The Bertz CT molecular complexity index is 637. The number of aryl methyl sites for hydroxylation is 1. The Morgan fingerprint density at radius 1 is 1.19 bits per heavy atom. The molecule has 8 heteroatoms. The first-order valence-electron chi connectivity index (χ1n) is 9.17. The number of nitrogens with zero attached hydrogens (tertiary/aromatic N) is 1. The van der Waals surface area contributed by atoms with Crippen LogP contribution in [0.1, 0.15) is 18.5 Å². The van der Waals surface area contributed by atoms with Crippen molar-refractivity contribution in [3.8, 4) is 5.75 Å². The Balaban J connectivity index is 1.30. The largest absolute Gasteiger partial charge is 0.483 e. The molecule has 142 valence electrons. The van der Waals surface area contributed by atoms with Crippen molar-refractivity contribution in [3.63, 3.8) is 0 Å². The first-order valence-corrected chi connectivity index (χ1v) is 9.17. The van der Waals surface area contributed by atoms with E-state index in [9.17, 15) is 4.79 Å². The third-order valence-corrected chi connectivity index (χ3v) is 5.12. The van der Waals surface area contributed by atoms with E-state index in [0.29, 0.717) is 26.4 Å². The highest BCUT2D eigenvalue weighted by Crippen LogP contribution is 2.30. The van der Waals surface area contributed by atoms with Crippen LogP contribution in [0.15, 0.2) is 18.3 Å². The molecule has 2 amide bonds. The molecule has 0 unspecified atom stereocenters. The minimum absolute atomic E-state index is 0.163. The molecular weight excluding hydrogens is 338 g/mol. The number of hydrogen-bond acceptors (Lipinski definition) is 6. The lowest BCUT2D eigenvalue weighted by Crippen LogP contribution is -2.51. The van der Waals surface area contributed by atoms with Gasteiger partial charge in [-0.1, -0.05) is 0 Å². The molecule has 4 atom stereocenters. The molecule has 3 saturated heterocycles. The highest BCUT2D eigenvalue weighted by Gasteiger charge is 2.49. The molecule has 0 radical (unpaired) electrons. The monoisotopic (exact) mass is 363 g/mol. The molecule has 0 aliphatic carbocycles. The zero-order chi connectivity index (χ0) is 17.9. The fraction of sp³-hybridized carbons (Fsp3) is 0.667. The third kappa shape index (κ3) is 3.77. The predicted molar refractivity (Wildman–Crippen MR) is 92.2 cm³/mol. The second-order valence-electron chi connectivity index (χ2n) is 6.95. The van der Waals surface area contributed by atoms with Crippen LogP contribution in [0.2, 0.25) is 0 Å². The van der Waals surface area contributed by atoms with Crippen LogP contribution in [0.4, 0.5) is 4.79 Å². The molecular formula is C18H25N3O5. The first kappa shape index (κ1) is 17.5. The summed E-state index contributed by atoms with van der Waals surface area (Å²) in [5, 5.41) is 5.99. The number of aromatic nitrogens is 1. The van der Waals surface area contributed by atoms with E-state index in [2.05, 4.69) is 15.6 Å². The molecule has 2 N–H and O–H groups in total. The summed E-state index contributed by atoms with van der Waals surface area (Å²) in [6.45, 7) is 4.14. The van der Waals surface area contributed by atoms with E-state index in [-0.39, 0.29) is 36.4 Å². The van der Waals surface area contributed by atoms with Gasteiger partial charge in [-0.25, -0.2) is 4.79 Å². The summed E-state index contributed by atoms with van der Waals surface area (Å²) in [7, 11) is 0. The van der Waals surface area contributed by atoms with Gasteiger partial charge in [0.1, 0.15) is 18.0 Å². The molecule has 26 heavy (non-hydrogen) atoms. The van der Waals surface area contributed by atoms with Crippen molar-refractivity contribution in [2.45, 2.75) is 50.2 Å². The average molecular weight is 363 g/mol. The van der Waals surface area contributed by atoms with E-state index in [1.54, 1.807) is 6.20 Å². The van der Waals surface area contributed by atoms with Crippen molar-refractivity contribution in [1.82, 2.24) is 15.6 Å². The van der Waals surface area contributed by atoms with Gasteiger partial charge in [0.25, 0.3) is 0 Å². The van der Waals surface area contributed by atoms with Crippen molar-refractivity contribution in [1.29, 1.82) is 0 Å². The fourth-order valence-corrected chi connectivity index (χ4v) is 3.68. The maximum atomic E-state index is 12.3. The van der Waals surface area contributed by atoms with Crippen LogP contribution in [0.25, 0.3) is 0 Å². The number of pyridine rings is 1. The van der Waals surface area contributed by atoms with Gasteiger partial charge in [-0.2, -0.15) is 0 Å². The topological polar surface area (TPSA) is 90.9 Å². The van der Waals surface area contributed by atoms with Gasteiger partial charge in [-0.15, -0.1) is 0 Å². The van der Waals surface area contributed by atoms with Crippen molar-refractivity contribution >= 4 is 6.03 Å². The Morgan fingerprint density at radius 2 is 2.00 bits per heavy atom. The van der Waals surface area contributed by atoms with Gasteiger partial charge < -0.3 is 29.6 Å². The Morgan fingerprint density at radius 3 is 2.81 bits per heavy atom. The minimum atomic E-state index is -0.201. The van der Waals surface area contributed by atoms with Crippen LogP contribution in [0.5, 0.6) is 5.75 Å². The number of ether oxygens (including phenoxy) is 4. The molecule has 0 bridgehead atoms. The van der Waals surface area contributed by atoms with Crippen LogP contribution >= 0.6 is 0 Å².